The molecular formula is C19H23NO3S2. The van der Waals surface area contributed by atoms with Crippen molar-refractivity contribution >= 4 is 27.5 Å². The molecule has 2 aromatic carbocycles. The average Bonchev–Trinajstić information content (AvgIpc) is 2.62. The molecule has 0 aromatic heterocycles. The van der Waals surface area contributed by atoms with E-state index in [1.807, 2.05) is 18.2 Å². The van der Waals surface area contributed by atoms with Crippen LogP contribution < -0.4 is 5.32 Å². The first kappa shape index (κ1) is 19.5. The molecule has 0 aliphatic carbocycles. The van der Waals surface area contributed by atoms with Crippen LogP contribution >= 0.6 is 11.8 Å². The Morgan fingerprint density at radius 1 is 1.04 bits per heavy atom. The highest BCUT2D eigenvalue weighted by Gasteiger charge is 2.24. The number of nitrogens with one attached hydrogen (secondary N) is 1. The van der Waals surface area contributed by atoms with Gasteiger partial charge in [-0.05, 0) is 31.5 Å². The highest BCUT2D eigenvalue weighted by atomic mass is 32.2. The van der Waals surface area contributed by atoms with E-state index in [1.54, 1.807) is 43.8 Å². The third-order valence-corrected chi connectivity index (χ3v) is 6.94. The largest absolute Gasteiger partial charge is 0.351 e. The quantitative estimate of drug-likeness (QED) is 0.715. The molecule has 0 saturated heterocycles. The zero-order valence-corrected chi connectivity index (χ0v) is 16.1. The second-order valence-corrected chi connectivity index (χ2v) is 9.46. The van der Waals surface area contributed by atoms with Gasteiger partial charge in [-0.25, -0.2) is 8.42 Å². The third kappa shape index (κ3) is 5.34. The van der Waals surface area contributed by atoms with Gasteiger partial charge in [0.25, 0.3) is 5.91 Å². The summed E-state index contributed by atoms with van der Waals surface area (Å²) < 4.78 is 24.8. The summed E-state index contributed by atoms with van der Waals surface area (Å²) in [7, 11) is -3.49. The van der Waals surface area contributed by atoms with Crippen molar-refractivity contribution in [2.75, 3.05) is 12.3 Å². The summed E-state index contributed by atoms with van der Waals surface area (Å²) in [5.74, 6) is 1.30. The number of carbonyl (C=O) groups is 1. The van der Waals surface area contributed by atoms with Gasteiger partial charge in [0.15, 0.2) is 9.84 Å². The molecule has 6 heteroatoms. The molecule has 1 amide bonds. The van der Waals surface area contributed by atoms with Crippen LogP contribution in [0.4, 0.5) is 0 Å². The van der Waals surface area contributed by atoms with E-state index in [4.69, 9.17) is 0 Å². The Bertz CT molecular complexity index is 802. The van der Waals surface area contributed by atoms with E-state index in [0.717, 1.165) is 11.5 Å². The van der Waals surface area contributed by atoms with Gasteiger partial charge in [0.1, 0.15) is 0 Å². The molecular weight excluding hydrogens is 354 g/mol. The standard InChI is InChI=1S/C19H23NO3S2/c1-15(2)25(22,23)18-11-7-6-10-17(18)19(21)20-12-13-24-14-16-8-4-3-5-9-16/h3-11,15H,12-14H2,1-2H3,(H,20,21). The fraction of sp³-hybridized carbons (Fsp3) is 0.316. The van der Waals surface area contributed by atoms with Crippen LogP contribution in [0, 0.1) is 0 Å². The molecule has 0 unspecified atom stereocenters. The van der Waals surface area contributed by atoms with Crippen LogP contribution in [0.25, 0.3) is 0 Å². The molecule has 4 nitrogen and oxygen atoms in total. The maximum absolute atomic E-state index is 12.4. The Kier molecular flexibility index (Phi) is 7.08. The summed E-state index contributed by atoms with van der Waals surface area (Å²) in [6, 6.07) is 16.5. The molecule has 2 rings (SSSR count). The molecule has 0 saturated carbocycles. The Labute approximate surface area is 154 Å². The first-order chi connectivity index (χ1) is 11.9. The summed E-state index contributed by atoms with van der Waals surface area (Å²) in [6.45, 7) is 3.72. The molecule has 0 heterocycles. The second kappa shape index (κ2) is 9.06. The van der Waals surface area contributed by atoms with Gasteiger partial charge < -0.3 is 5.32 Å². The Morgan fingerprint density at radius 3 is 2.36 bits per heavy atom. The Morgan fingerprint density at radius 2 is 1.68 bits per heavy atom. The number of hydrogen-bond donors (Lipinski definition) is 1. The Hall–Kier alpha value is -1.79. The monoisotopic (exact) mass is 377 g/mol. The van der Waals surface area contributed by atoms with Gasteiger partial charge in [-0.1, -0.05) is 42.5 Å². The number of amides is 1. The van der Waals surface area contributed by atoms with E-state index in [9.17, 15) is 13.2 Å². The van der Waals surface area contributed by atoms with Gasteiger partial charge in [-0.15, -0.1) is 0 Å². The van der Waals surface area contributed by atoms with E-state index in [0.29, 0.717) is 6.54 Å². The smallest absolute Gasteiger partial charge is 0.252 e. The van der Waals surface area contributed by atoms with E-state index in [-0.39, 0.29) is 16.4 Å². The maximum atomic E-state index is 12.4. The van der Waals surface area contributed by atoms with Gasteiger partial charge >= 0.3 is 0 Å². The first-order valence-corrected chi connectivity index (χ1v) is 10.9. The summed E-state index contributed by atoms with van der Waals surface area (Å²) in [4.78, 5) is 12.5. The SMILES string of the molecule is CC(C)S(=O)(=O)c1ccccc1C(=O)NCCSCc1ccccc1. The predicted octanol–water partition coefficient (Wildman–Crippen LogP) is 3.53. The summed E-state index contributed by atoms with van der Waals surface area (Å²) in [5.41, 5.74) is 1.46. The van der Waals surface area contributed by atoms with Crippen molar-refractivity contribution in [1.29, 1.82) is 0 Å². The van der Waals surface area contributed by atoms with Crippen molar-refractivity contribution in [2.45, 2.75) is 29.7 Å². The number of thioether (sulfide) groups is 1. The number of sulfone groups is 1. The third-order valence-electron chi connectivity index (χ3n) is 3.70. The molecule has 1 N–H and O–H groups in total. The topological polar surface area (TPSA) is 63.2 Å². The molecule has 0 atom stereocenters. The fourth-order valence-electron chi connectivity index (χ4n) is 2.25. The molecule has 0 aliphatic rings. The van der Waals surface area contributed by atoms with Crippen molar-refractivity contribution in [3.8, 4) is 0 Å². The van der Waals surface area contributed by atoms with Gasteiger partial charge in [-0.2, -0.15) is 11.8 Å². The van der Waals surface area contributed by atoms with Crippen molar-refractivity contribution in [3.63, 3.8) is 0 Å². The lowest BCUT2D eigenvalue weighted by molar-refractivity contribution is 0.0953. The van der Waals surface area contributed by atoms with Gasteiger partial charge in [-0.3, -0.25) is 4.79 Å². The molecule has 134 valence electrons. The van der Waals surface area contributed by atoms with Gasteiger partial charge in [0.2, 0.25) is 0 Å². The molecule has 0 fully saturated rings. The van der Waals surface area contributed by atoms with E-state index >= 15 is 0 Å². The normalized spacial score (nSPS) is 11.5. The maximum Gasteiger partial charge on any atom is 0.252 e. The van der Waals surface area contributed by atoms with E-state index < -0.39 is 15.1 Å². The van der Waals surface area contributed by atoms with Crippen LogP contribution in [0.1, 0.15) is 29.8 Å². The van der Waals surface area contributed by atoms with Gasteiger partial charge in [0.05, 0.1) is 15.7 Å². The van der Waals surface area contributed by atoms with Gasteiger partial charge in [0, 0.05) is 18.1 Å². The minimum atomic E-state index is -3.49. The summed E-state index contributed by atoms with van der Waals surface area (Å²) in [5, 5.41) is 2.25. The molecule has 0 aliphatic heterocycles. The van der Waals surface area contributed by atoms with Crippen molar-refractivity contribution < 1.29 is 13.2 Å². The van der Waals surface area contributed by atoms with Crippen LogP contribution in [-0.4, -0.2) is 31.9 Å². The zero-order chi connectivity index (χ0) is 18.3. The fourth-order valence-corrected chi connectivity index (χ4v) is 4.31. The van der Waals surface area contributed by atoms with Crippen molar-refractivity contribution in [1.82, 2.24) is 5.32 Å². The summed E-state index contributed by atoms with van der Waals surface area (Å²) >= 11 is 1.73. The van der Waals surface area contributed by atoms with Crippen LogP contribution in [0.5, 0.6) is 0 Å². The first-order valence-electron chi connectivity index (χ1n) is 8.15. The van der Waals surface area contributed by atoms with Crippen LogP contribution in [-0.2, 0) is 15.6 Å². The minimum Gasteiger partial charge on any atom is -0.351 e. The molecule has 0 bridgehead atoms. The van der Waals surface area contributed by atoms with Crippen LogP contribution in [0.2, 0.25) is 0 Å². The molecule has 0 spiro atoms. The lowest BCUT2D eigenvalue weighted by atomic mass is 10.2. The Balaban J connectivity index is 1.91. The second-order valence-electron chi connectivity index (χ2n) is 5.88. The molecule has 25 heavy (non-hydrogen) atoms. The number of benzene rings is 2. The van der Waals surface area contributed by atoms with E-state index in [1.165, 1.54) is 11.6 Å². The molecule has 2 aromatic rings. The molecule has 0 radical (unpaired) electrons. The van der Waals surface area contributed by atoms with Crippen LogP contribution in [0.15, 0.2) is 59.5 Å². The van der Waals surface area contributed by atoms with Crippen molar-refractivity contribution in [3.05, 3.63) is 65.7 Å². The highest BCUT2D eigenvalue weighted by molar-refractivity contribution is 7.98. The zero-order valence-electron chi connectivity index (χ0n) is 14.4. The predicted molar refractivity (Wildman–Crippen MR) is 104 cm³/mol. The minimum absolute atomic E-state index is 0.0967. The number of hydrogen-bond acceptors (Lipinski definition) is 4. The van der Waals surface area contributed by atoms with Crippen LogP contribution in [0.3, 0.4) is 0 Å². The highest BCUT2D eigenvalue weighted by Crippen LogP contribution is 2.20. The average molecular weight is 378 g/mol. The number of carbonyl (C=O) groups excluding carboxylic acids is 1. The lowest BCUT2D eigenvalue weighted by Crippen LogP contribution is -2.28. The lowest BCUT2D eigenvalue weighted by Gasteiger charge is -2.13. The summed E-state index contributed by atoms with van der Waals surface area (Å²) in [6.07, 6.45) is 0. The van der Waals surface area contributed by atoms with Crippen molar-refractivity contribution in [2.24, 2.45) is 0 Å². The van der Waals surface area contributed by atoms with E-state index in [2.05, 4.69) is 17.4 Å². The number of rotatable bonds is 8.